The minimum absolute atomic E-state index is 0.0454. The topological polar surface area (TPSA) is 96.4 Å². The number of rotatable bonds is 6. The van der Waals surface area contributed by atoms with Crippen LogP contribution in [0.15, 0.2) is 48.7 Å². The molecular weight excluding hydrogens is 292 g/mol. The second-order valence-corrected chi connectivity index (χ2v) is 6.21. The minimum atomic E-state index is -3.50. The summed E-state index contributed by atoms with van der Waals surface area (Å²) in [6.45, 7) is -0.0454. The lowest BCUT2D eigenvalue weighted by Gasteiger charge is -2.07. The van der Waals surface area contributed by atoms with Gasteiger partial charge in [-0.25, -0.2) is 17.9 Å². The molecule has 0 aliphatic heterocycles. The molecule has 0 saturated carbocycles. The Balaban J connectivity index is 2.02. The summed E-state index contributed by atoms with van der Waals surface area (Å²) in [7, 11) is -3.50. The van der Waals surface area contributed by atoms with E-state index in [0.717, 1.165) is 0 Å². The van der Waals surface area contributed by atoms with Crippen LogP contribution in [0.1, 0.15) is 21.6 Å². The Kier molecular flexibility index (Phi) is 4.66. The van der Waals surface area contributed by atoms with Gasteiger partial charge < -0.3 is 5.11 Å². The van der Waals surface area contributed by atoms with Crippen LogP contribution < -0.4 is 4.72 Å². The fraction of sp³-hybridized carbons (Fsp3) is 0.143. The smallest absolute Gasteiger partial charge is 0.335 e. The molecule has 0 radical (unpaired) electrons. The summed E-state index contributed by atoms with van der Waals surface area (Å²) in [5, 5.41) is 8.87. The first-order valence-corrected chi connectivity index (χ1v) is 7.81. The van der Waals surface area contributed by atoms with E-state index in [0.29, 0.717) is 11.3 Å². The van der Waals surface area contributed by atoms with Crippen molar-refractivity contribution in [1.82, 2.24) is 9.71 Å². The molecule has 0 spiro atoms. The largest absolute Gasteiger partial charge is 0.478 e. The van der Waals surface area contributed by atoms with E-state index in [9.17, 15) is 13.2 Å². The van der Waals surface area contributed by atoms with Crippen molar-refractivity contribution in [3.63, 3.8) is 0 Å². The molecule has 21 heavy (non-hydrogen) atoms. The van der Waals surface area contributed by atoms with Gasteiger partial charge in [-0.05, 0) is 17.7 Å². The van der Waals surface area contributed by atoms with Crippen molar-refractivity contribution in [3.05, 3.63) is 65.5 Å². The first kappa shape index (κ1) is 15.1. The summed E-state index contributed by atoms with van der Waals surface area (Å²) < 4.78 is 26.3. The summed E-state index contributed by atoms with van der Waals surface area (Å²) >= 11 is 0. The van der Waals surface area contributed by atoms with Gasteiger partial charge in [-0.1, -0.05) is 30.3 Å². The van der Waals surface area contributed by atoms with E-state index in [-0.39, 0.29) is 17.9 Å². The van der Waals surface area contributed by atoms with Gasteiger partial charge in [0.25, 0.3) is 0 Å². The summed E-state index contributed by atoms with van der Waals surface area (Å²) in [4.78, 5) is 14.8. The summed E-state index contributed by atoms with van der Waals surface area (Å²) in [6.07, 6.45) is 1.34. The zero-order chi connectivity index (χ0) is 15.3. The Morgan fingerprint density at radius 1 is 1.19 bits per heavy atom. The number of nitrogens with one attached hydrogen (secondary N) is 1. The standard InChI is InChI=1S/C14H14N2O4S/c17-14(18)12-6-7-15-13(8-12)9-16-21(19,20)10-11-4-2-1-3-5-11/h1-8,16H,9-10H2,(H,17,18). The number of carboxylic acids is 1. The molecule has 7 heteroatoms. The second kappa shape index (κ2) is 6.47. The van der Waals surface area contributed by atoms with Gasteiger partial charge in [0.05, 0.1) is 23.6 Å². The number of sulfonamides is 1. The highest BCUT2D eigenvalue weighted by Gasteiger charge is 2.12. The van der Waals surface area contributed by atoms with Gasteiger partial charge in [0.15, 0.2) is 0 Å². The molecule has 2 N–H and O–H groups in total. The first-order chi connectivity index (χ1) is 9.96. The van der Waals surface area contributed by atoms with Crippen molar-refractivity contribution in [1.29, 1.82) is 0 Å². The number of hydrogen-bond donors (Lipinski definition) is 2. The van der Waals surface area contributed by atoms with Gasteiger partial charge >= 0.3 is 5.97 Å². The van der Waals surface area contributed by atoms with Crippen molar-refractivity contribution in [3.8, 4) is 0 Å². The maximum absolute atomic E-state index is 11.9. The molecule has 0 bridgehead atoms. The highest BCUT2D eigenvalue weighted by molar-refractivity contribution is 7.88. The van der Waals surface area contributed by atoms with Crippen LogP contribution in [0, 0.1) is 0 Å². The van der Waals surface area contributed by atoms with Crippen LogP contribution in [0.25, 0.3) is 0 Å². The fourth-order valence-electron chi connectivity index (χ4n) is 1.74. The SMILES string of the molecule is O=C(O)c1ccnc(CNS(=O)(=O)Cc2ccccc2)c1. The van der Waals surface area contributed by atoms with Crippen LogP contribution in [0.5, 0.6) is 0 Å². The third kappa shape index (κ3) is 4.66. The lowest BCUT2D eigenvalue weighted by Crippen LogP contribution is -2.25. The third-order valence-electron chi connectivity index (χ3n) is 2.74. The number of nitrogens with zero attached hydrogens (tertiary/aromatic N) is 1. The zero-order valence-electron chi connectivity index (χ0n) is 11.1. The van der Waals surface area contributed by atoms with E-state index >= 15 is 0 Å². The molecule has 2 rings (SSSR count). The Bertz CT molecular complexity index is 730. The van der Waals surface area contributed by atoms with Gasteiger partial charge in [0.2, 0.25) is 10.0 Å². The van der Waals surface area contributed by atoms with Gasteiger partial charge in [-0.15, -0.1) is 0 Å². The maximum Gasteiger partial charge on any atom is 0.335 e. The molecule has 1 aromatic heterocycles. The fourth-order valence-corrected chi connectivity index (χ4v) is 2.84. The number of pyridine rings is 1. The highest BCUT2D eigenvalue weighted by atomic mass is 32.2. The molecule has 1 heterocycles. The average molecular weight is 306 g/mol. The number of aromatic carboxylic acids is 1. The Morgan fingerprint density at radius 2 is 1.90 bits per heavy atom. The molecule has 0 fully saturated rings. The average Bonchev–Trinajstić information content (AvgIpc) is 2.46. The Labute approximate surface area is 122 Å². The van der Waals surface area contributed by atoms with Gasteiger partial charge in [-0.3, -0.25) is 4.98 Å². The lowest BCUT2D eigenvalue weighted by molar-refractivity contribution is 0.0696. The van der Waals surface area contributed by atoms with E-state index in [1.807, 2.05) is 6.07 Å². The first-order valence-electron chi connectivity index (χ1n) is 6.16. The normalized spacial score (nSPS) is 11.2. The highest BCUT2D eigenvalue weighted by Crippen LogP contribution is 2.06. The van der Waals surface area contributed by atoms with Crippen molar-refractivity contribution in [2.24, 2.45) is 0 Å². The van der Waals surface area contributed by atoms with Gasteiger partial charge in [-0.2, -0.15) is 0 Å². The van der Waals surface area contributed by atoms with Crippen LogP contribution in [0.3, 0.4) is 0 Å². The molecular formula is C14H14N2O4S. The number of carboxylic acid groups (broad SMARTS) is 1. The monoisotopic (exact) mass is 306 g/mol. The number of aromatic nitrogens is 1. The molecule has 0 unspecified atom stereocenters. The molecule has 110 valence electrons. The quantitative estimate of drug-likeness (QED) is 0.841. The molecule has 0 saturated heterocycles. The van der Waals surface area contributed by atoms with Crippen molar-refractivity contribution in [2.75, 3.05) is 0 Å². The van der Waals surface area contributed by atoms with E-state index in [1.165, 1.54) is 18.3 Å². The van der Waals surface area contributed by atoms with Crippen LogP contribution in [-0.2, 0) is 22.3 Å². The van der Waals surface area contributed by atoms with E-state index in [1.54, 1.807) is 24.3 Å². The van der Waals surface area contributed by atoms with E-state index in [2.05, 4.69) is 9.71 Å². The molecule has 2 aromatic rings. The van der Waals surface area contributed by atoms with Crippen LogP contribution >= 0.6 is 0 Å². The van der Waals surface area contributed by atoms with Crippen molar-refractivity contribution in [2.45, 2.75) is 12.3 Å². The minimum Gasteiger partial charge on any atom is -0.478 e. The maximum atomic E-state index is 11.9. The predicted octanol–water partition coefficient (Wildman–Crippen LogP) is 1.40. The van der Waals surface area contributed by atoms with Gasteiger partial charge in [0.1, 0.15) is 0 Å². The van der Waals surface area contributed by atoms with E-state index in [4.69, 9.17) is 5.11 Å². The number of carbonyl (C=O) groups is 1. The van der Waals surface area contributed by atoms with Gasteiger partial charge in [0, 0.05) is 6.20 Å². The lowest BCUT2D eigenvalue weighted by atomic mass is 10.2. The Morgan fingerprint density at radius 3 is 2.57 bits per heavy atom. The van der Waals surface area contributed by atoms with Crippen LogP contribution in [0.2, 0.25) is 0 Å². The van der Waals surface area contributed by atoms with Crippen molar-refractivity contribution >= 4 is 16.0 Å². The molecule has 6 nitrogen and oxygen atoms in total. The summed E-state index contributed by atoms with van der Waals surface area (Å²) in [5.41, 5.74) is 1.10. The third-order valence-corrected chi connectivity index (χ3v) is 4.03. The summed E-state index contributed by atoms with van der Waals surface area (Å²) in [6, 6.07) is 11.5. The van der Waals surface area contributed by atoms with Crippen LogP contribution in [-0.4, -0.2) is 24.5 Å². The Hall–Kier alpha value is -2.25. The van der Waals surface area contributed by atoms with Crippen molar-refractivity contribution < 1.29 is 18.3 Å². The molecule has 0 aliphatic carbocycles. The molecule has 0 amide bonds. The molecule has 1 aromatic carbocycles. The predicted molar refractivity (Wildman–Crippen MR) is 77.1 cm³/mol. The number of benzene rings is 1. The second-order valence-electron chi connectivity index (χ2n) is 4.41. The summed E-state index contributed by atoms with van der Waals surface area (Å²) in [5.74, 6) is -1.21. The molecule has 0 aliphatic rings. The zero-order valence-corrected chi connectivity index (χ0v) is 11.9. The number of hydrogen-bond acceptors (Lipinski definition) is 4. The molecule has 0 atom stereocenters. The van der Waals surface area contributed by atoms with Crippen LogP contribution in [0.4, 0.5) is 0 Å². The van der Waals surface area contributed by atoms with E-state index < -0.39 is 16.0 Å².